The SMILES string of the molecule is CC(=O)N(C)CC(=O)N1CCN(Cc2cn3ccccc3n2)CC1. The Morgan fingerprint density at radius 3 is 2.62 bits per heavy atom. The van der Waals surface area contributed by atoms with E-state index in [1.165, 1.54) is 11.8 Å². The van der Waals surface area contributed by atoms with Gasteiger partial charge in [-0.25, -0.2) is 4.98 Å². The van der Waals surface area contributed by atoms with E-state index in [4.69, 9.17) is 0 Å². The van der Waals surface area contributed by atoms with Crippen LogP contribution in [0.3, 0.4) is 0 Å². The molecule has 0 spiro atoms. The van der Waals surface area contributed by atoms with Gasteiger partial charge in [-0.15, -0.1) is 0 Å². The summed E-state index contributed by atoms with van der Waals surface area (Å²) in [7, 11) is 1.65. The molecule has 0 unspecified atom stereocenters. The van der Waals surface area contributed by atoms with E-state index in [1.807, 2.05) is 33.7 Å². The largest absolute Gasteiger partial charge is 0.339 e. The summed E-state index contributed by atoms with van der Waals surface area (Å²) in [5.74, 6) is -0.0751. The highest BCUT2D eigenvalue weighted by molar-refractivity contribution is 5.83. The van der Waals surface area contributed by atoms with Crippen molar-refractivity contribution in [3.63, 3.8) is 0 Å². The lowest BCUT2D eigenvalue weighted by Gasteiger charge is -2.35. The summed E-state index contributed by atoms with van der Waals surface area (Å²) in [5.41, 5.74) is 1.99. The monoisotopic (exact) mass is 329 g/mol. The Labute approximate surface area is 141 Å². The molecule has 0 saturated carbocycles. The van der Waals surface area contributed by atoms with Gasteiger partial charge < -0.3 is 14.2 Å². The van der Waals surface area contributed by atoms with Crippen molar-refractivity contribution in [2.75, 3.05) is 39.8 Å². The highest BCUT2D eigenvalue weighted by atomic mass is 16.2. The molecule has 24 heavy (non-hydrogen) atoms. The van der Waals surface area contributed by atoms with Gasteiger partial charge in [-0.05, 0) is 12.1 Å². The van der Waals surface area contributed by atoms with Crippen LogP contribution in [0.2, 0.25) is 0 Å². The van der Waals surface area contributed by atoms with Crippen LogP contribution in [0.1, 0.15) is 12.6 Å². The van der Waals surface area contributed by atoms with Crippen molar-refractivity contribution in [1.82, 2.24) is 24.1 Å². The fourth-order valence-electron chi connectivity index (χ4n) is 2.86. The molecule has 7 nitrogen and oxygen atoms in total. The number of likely N-dealkylation sites (N-methyl/N-ethyl adjacent to an activating group) is 1. The number of imidazole rings is 1. The Morgan fingerprint density at radius 2 is 1.96 bits per heavy atom. The number of aromatic nitrogens is 2. The highest BCUT2D eigenvalue weighted by Crippen LogP contribution is 2.10. The molecule has 0 aliphatic carbocycles. The van der Waals surface area contributed by atoms with Crippen LogP contribution in [0.5, 0.6) is 0 Å². The van der Waals surface area contributed by atoms with E-state index in [9.17, 15) is 9.59 Å². The Balaban J connectivity index is 1.51. The van der Waals surface area contributed by atoms with Crippen molar-refractivity contribution >= 4 is 17.5 Å². The smallest absolute Gasteiger partial charge is 0.242 e. The first-order valence-electron chi connectivity index (χ1n) is 8.17. The van der Waals surface area contributed by atoms with Gasteiger partial charge >= 0.3 is 0 Å². The summed E-state index contributed by atoms with van der Waals surface area (Å²) < 4.78 is 2.02. The van der Waals surface area contributed by atoms with Gasteiger partial charge in [0.2, 0.25) is 11.8 Å². The first kappa shape index (κ1) is 16.4. The van der Waals surface area contributed by atoms with Crippen LogP contribution in [0.4, 0.5) is 0 Å². The Kier molecular flexibility index (Phi) is 4.80. The van der Waals surface area contributed by atoms with Gasteiger partial charge in [0.25, 0.3) is 0 Å². The zero-order chi connectivity index (χ0) is 17.1. The molecule has 1 aliphatic rings. The molecule has 1 fully saturated rings. The second kappa shape index (κ2) is 7.00. The average Bonchev–Trinajstić information content (AvgIpc) is 2.97. The summed E-state index contributed by atoms with van der Waals surface area (Å²) in [6, 6.07) is 5.96. The number of rotatable bonds is 4. The summed E-state index contributed by atoms with van der Waals surface area (Å²) in [6.07, 6.45) is 4.04. The molecule has 0 aromatic carbocycles. The minimum absolute atomic E-state index is 0.0140. The molecule has 2 aromatic rings. The molecule has 3 heterocycles. The fourth-order valence-corrected chi connectivity index (χ4v) is 2.86. The molecular weight excluding hydrogens is 306 g/mol. The van der Waals surface area contributed by atoms with Gasteiger partial charge in [-0.3, -0.25) is 14.5 Å². The third-order valence-electron chi connectivity index (χ3n) is 4.43. The van der Waals surface area contributed by atoms with Gasteiger partial charge in [0.1, 0.15) is 5.65 Å². The van der Waals surface area contributed by atoms with E-state index >= 15 is 0 Å². The van der Waals surface area contributed by atoms with Crippen LogP contribution in [0.25, 0.3) is 5.65 Å². The summed E-state index contributed by atoms with van der Waals surface area (Å²) in [6.45, 7) is 5.45. The Hall–Kier alpha value is -2.41. The molecule has 1 saturated heterocycles. The summed E-state index contributed by atoms with van der Waals surface area (Å²) in [4.78, 5) is 33.6. The van der Waals surface area contributed by atoms with Crippen LogP contribution in [0.15, 0.2) is 30.6 Å². The van der Waals surface area contributed by atoms with Crippen molar-refractivity contribution in [1.29, 1.82) is 0 Å². The van der Waals surface area contributed by atoms with E-state index in [0.29, 0.717) is 13.1 Å². The van der Waals surface area contributed by atoms with Gasteiger partial charge in [0.15, 0.2) is 0 Å². The topological polar surface area (TPSA) is 61.2 Å². The minimum atomic E-state index is -0.0890. The lowest BCUT2D eigenvalue weighted by Crippen LogP contribution is -2.50. The standard InChI is InChI=1S/C17H23N5O2/c1-14(23)19(2)13-17(24)21-9-7-20(8-10-21)11-15-12-22-6-4-3-5-16(22)18-15/h3-6,12H,7-11,13H2,1-2H3. The second-order valence-corrected chi connectivity index (χ2v) is 6.23. The number of carbonyl (C=O) groups excluding carboxylic acids is 2. The number of amides is 2. The van der Waals surface area contributed by atoms with Crippen molar-refractivity contribution in [2.24, 2.45) is 0 Å². The number of piperazine rings is 1. The fraction of sp³-hybridized carbons (Fsp3) is 0.471. The number of fused-ring (bicyclic) bond motifs is 1. The molecule has 1 aliphatic heterocycles. The third kappa shape index (κ3) is 3.73. The van der Waals surface area contributed by atoms with Crippen molar-refractivity contribution in [3.05, 3.63) is 36.3 Å². The maximum atomic E-state index is 12.2. The summed E-state index contributed by atoms with van der Waals surface area (Å²) >= 11 is 0. The van der Waals surface area contributed by atoms with Crippen molar-refractivity contribution in [2.45, 2.75) is 13.5 Å². The first-order chi connectivity index (χ1) is 11.5. The molecule has 2 amide bonds. The number of pyridine rings is 1. The predicted molar refractivity (Wildman–Crippen MR) is 90.4 cm³/mol. The Morgan fingerprint density at radius 1 is 1.21 bits per heavy atom. The van der Waals surface area contributed by atoms with E-state index < -0.39 is 0 Å². The maximum absolute atomic E-state index is 12.2. The maximum Gasteiger partial charge on any atom is 0.242 e. The van der Waals surface area contributed by atoms with Crippen molar-refractivity contribution in [3.8, 4) is 0 Å². The molecule has 3 rings (SSSR count). The molecule has 128 valence electrons. The molecule has 0 N–H and O–H groups in total. The van der Waals surface area contributed by atoms with E-state index in [2.05, 4.69) is 16.1 Å². The first-order valence-corrected chi connectivity index (χ1v) is 8.17. The van der Waals surface area contributed by atoms with E-state index in [1.54, 1.807) is 7.05 Å². The zero-order valence-electron chi connectivity index (χ0n) is 14.2. The number of hydrogen-bond donors (Lipinski definition) is 0. The van der Waals surface area contributed by atoms with Crippen LogP contribution >= 0.6 is 0 Å². The van der Waals surface area contributed by atoms with Gasteiger partial charge in [-0.2, -0.15) is 0 Å². The highest BCUT2D eigenvalue weighted by Gasteiger charge is 2.22. The van der Waals surface area contributed by atoms with Crippen molar-refractivity contribution < 1.29 is 9.59 Å². The lowest BCUT2D eigenvalue weighted by atomic mass is 10.3. The molecular formula is C17H23N5O2. The average molecular weight is 329 g/mol. The normalized spacial score (nSPS) is 15.7. The molecule has 0 bridgehead atoms. The van der Waals surface area contributed by atoms with Crippen LogP contribution < -0.4 is 0 Å². The third-order valence-corrected chi connectivity index (χ3v) is 4.43. The van der Waals surface area contributed by atoms with Crippen LogP contribution in [-0.2, 0) is 16.1 Å². The molecule has 0 radical (unpaired) electrons. The van der Waals surface area contributed by atoms with Crippen LogP contribution in [0, 0.1) is 0 Å². The number of hydrogen-bond acceptors (Lipinski definition) is 4. The van der Waals surface area contributed by atoms with Gasteiger partial charge in [0.05, 0.1) is 12.2 Å². The van der Waals surface area contributed by atoms with Gasteiger partial charge in [-0.1, -0.05) is 6.07 Å². The second-order valence-electron chi connectivity index (χ2n) is 6.23. The molecule has 2 aromatic heterocycles. The number of carbonyl (C=O) groups is 2. The quantitative estimate of drug-likeness (QED) is 0.817. The minimum Gasteiger partial charge on any atom is -0.339 e. The van der Waals surface area contributed by atoms with Crippen LogP contribution in [-0.4, -0.2) is 75.7 Å². The lowest BCUT2D eigenvalue weighted by molar-refractivity contribution is -0.139. The Bertz CT molecular complexity index is 700. The molecule has 0 atom stereocenters. The summed E-state index contributed by atoms with van der Waals surface area (Å²) in [5, 5.41) is 0. The van der Waals surface area contributed by atoms with Gasteiger partial charge in [0, 0.05) is 59.1 Å². The number of nitrogens with zero attached hydrogens (tertiary/aromatic N) is 5. The zero-order valence-corrected chi connectivity index (χ0v) is 14.2. The molecule has 7 heteroatoms. The van der Waals surface area contributed by atoms with E-state index in [0.717, 1.165) is 31.0 Å². The van der Waals surface area contributed by atoms with E-state index in [-0.39, 0.29) is 18.4 Å². The predicted octanol–water partition coefficient (Wildman–Crippen LogP) is 0.457.